The van der Waals surface area contributed by atoms with Crippen LogP contribution in [-0.4, -0.2) is 24.6 Å². The number of para-hydroxylation sites is 2. The molecule has 130 valence electrons. The van der Waals surface area contributed by atoms with Crippen LogP contribution in [0.4, 0.5) is 0 Å². The molecule has 0 bridgehead atoms. The van der Waals surface area contributed by atoms with Crippen molar-refractivity contribution in [3.63, 3.8) is 0 Å². The highest BCUT2D eigenvalue weighted by atomic mass is 16.3. The minimum Gasteiger partial charge on any atom is -0.494 e. The highest BCUT2D eigenvalue weighted by Crippen LogP contribution is 2.38. The monoisotopic (exact) mass is 347 g/mol. The minimum absolute atomic E-state index is 0.114. The van der Waals surface area contributed by atoms with Crippen molar-refractivity contribution in [3.05, 3.63) is 82.6 Å². The third-order valence-electron chi connectivity index (χ3n) is 4.38. The predicted octanol–water partition coefficient (Wildman–Crippen LogP) is 3.34. The largest absolute Gasteiger partial charge is 0.494 e. The van der Waals surface area contributed by atoms with Gasteiger partial charge in [0, 0.05) is 11.6 Å². The second-order valence-electron chi connectivity index (χ2n) is 6.00. The molecule has 2 aromatic heterocycles. The maximum atomic E-state index is 12.6. The zero-order chi connectivity index (χ0) is 18.3. The Morgan fingerprint density at radius 1 is 0.885 bits per heavy atom. The van der Waals surface area contributed by atoms with E-state index < -0.39 is 0 Å². The lowest BCUT2D eigenvalue weighted by Gasteiger charge is -2.06. The highest BCUT2D eigenvalue weighted by Gasteiger charge is 2.22. The van der Waals surface area contributed by atoms with Gasteiger partial charge in [-0.25, -0.2) is 4.68 Å². The maximum Gasteiger partial charge on any atom is 0.274 e. The summed E-state index contributed by atoms with van der Waals surface area (Å²) in [4.78, 5) is 12.6. The summed E-state index contributed by atoms with van der Waals surface area (Å²) in [6.45, 7) is 1.68. The van der Waals surface area contributed by atoms with Gasteiger partial charge in [-0.15, -0.1) is 0 Å². The van der Waals surface area contributed by atoms with E-state index in [-0.39, 0.29) is 17.3 Å². The van der Waals surface area contributed by atoms with E-state index in [1.165, 1.54) is 15.3 Å². The molecule has 0 aliphatic carbocycles. The zero-order valence-corrected chi connectivity index (χ0v) is 14.0. The molecule has 0 amide bonds. The average molecular weight is 347 g/mol. The van der Waals surface area contributed by atoms with Gasteiger partial charge >= 0.3 is 0 Å². The van der Waals surface area contributed by atoms with Gasteiger partial charge in [0.25, 0.3) is 5.56 Å². The van der Waals surface area contributed by atoms with Gasteiger partial charge in [0.05, 0.1) is 22.6 Å². The molecule has 2 heterocycles. The standard InChI is InChI=1S/C20H17N3O3/c1-13-18(21-23(19(13)25)15-10-6-3-7-11-15)16-12-17(24)22(20(16)26)14-8-4-2-5-9-14/h2-12,21,24,26H,1H3. The van der Waals surface area contributed by atoms with Crippen LogP contribution in [0.25, 0.3) is 22.6 Å². The maximum absolute atomic E-state index is 12.6. The summed E-state index contributed by atoms with van der Waals surface area (Å²) in [6.07, 6.45) is 0. The van der Waals surface area contributed by atoms with E-state index >= 15 is 0 Å². The van der Waals surface area contributed by atoms with Crippen molar-refractivity contribution >= 4 is 0 Å². The number of nitrogens with one attached hydrogen (secondary N) is 1. The molecule has 0 aliphatic heterocycles. The van der Waals surface area contributed by atoms with Crippen molar-refractivity contribution in [1.82, 2.24) is 14.3 Å². The molecule has 0 saturated heterocycles. The first-order valence-corrected chi connectivity index (χ1v) is 8.14. The van der Waals surface area contributed by atoms with Crippen molar-refractivity contribution in [1.29, 1.82) is 0 Å². The molecule has 4 aromatic rings. The van der Waals surface area contributed by atoms with Crippen LogP contribution in [0.5, 0.6) is 11.8 Å². The van der Waals surface area contributed by atoms with E-state index in [0.29, 0.717) is 28.2 Å². The molecule has 0 radical (unpaired) electrons. The summed E-state index contributed by atoms with van der Waals surface area (Å²) in [5.41, 5.74) is 2.37. The molecule has 26 heavy (non-hydrogen) atoms. The minimum atomic E-state index is -0.211. The molecular formula is C20H17N3O3. The molecule has 2 aromatic carbocycles. The van der Waals surface area contributed by atoms with Crippen molar-refractivity contribution < 1.29 is 10.2 Å². The Morgan fingerprint density at radius 3 is 2.08 bits per heavy atom. The van der Waals surface area contributed by atoms with Crippen LogP contribution in [0.3, 0.4) is 0 Å². The summed E-state index contributed by atoms with van der Waals surface area (Å²) in [6, 6.07) is 19.6. The summed E-state index contributed by atoms with van der Waals surface area (Å²) in [7, 11) is 0. The average Bonchev–Trinajstić information content (AvgIpc) is 3.13. The molecule has 0 unspecified atom stereocenters. The first-order valence-electron chi connectivity index (χ1n) is 8.14. The van der Waals surface area contributed by atoms with Crippen molar-refractivity contribution in [3.8, 4) is 34.4 Å². The Morgan fingerprint density at radius 2 is 1.46 bits per heavy atom. The molecule has 6 nitrogen and oxygen atoms in total. The first kappa shape index (κ1) is 15.8. The van der Waals surface area contributed by atoms with Crippen LogP contribution in [-0.2, 0) is 0 Å². The number of H-pyrrole nitrogens is 1. The van der Waals surface area contributed by atoms with Crippen LogP contribution in [0.1, 0.15) is 5.56 Å². The van der Waals surface area contributed by atoms with E-state index in [1.54, 1.807) is 19.1 Å². The van der Waals surface area contributed by atoms with Crippen molar-refractivity contribution in [2.75, 3.05) is 0 Å². The van der Waals surface area contributed by atoms with Crippen molar-refractivity contribution in [2.45, 2.75) is 6.92 Å². The number of aromatic amines is 1. The van der Waals surface area contributed by atoms with Gasteiger partial charge < -0.3 is 10.2 Å². The van der Waals surface area contributed by atoms with E-state index in [4.69, 9.17) is 0 Å². The fourth-order valence-electron chi connectivity index (χ4n) is 3.04. The van der Waals surface area contributed by atoms with Gasteiger partial charge in [-0.05, 0) is 31.2 Å². The SMILES string of the molecule is Cc1c(-c2cc(O)n(-c3ccccc3)c2O)[nH]n(-c2ccccc2)c1=O. The van der Waals surface area contributed by atoms with Crippen LogP contribution >= 0.6 is 0 Å². The molecule has 4 rings (SSSR count). The summed E-state index contributed by atoms with van der Waals surface area (Å²) >= 11 is 0. The topological polar surface area (TPSA) is 83.2 Å². The van der Waals surface area contributed by atoms with Gasteiger partial charge in [-0.1, -0.05) is 36.4 Å². The lowest BCUT2D eigenvalue weighted by atomic mass is 10.1. The second-order valence-corrected chi connectivity index (χ2v) is 6.00. The lowest BCUT2D eigenvalue weighted by molar-refractivity contribution is 0.403. The Bertz CT molecular complexity index is 1120. The number of aromatic nitrogens is 3. The van der Waals surface area contributed by atoms with Crippen LogP contribution < -0.4 is 5.56 Å². The van der Waals surface area contributed by atoms with Crippen LogP contribution in [0.15, 0.2) is 71.5 Å². The van der Waals surface area contributed by atoms with Gasteiger partial charge in [0.2, 0.25) is 5.88 Å². The van der Waals surface area contributed by atoms with Gasteiger partial charge in [-0.3, -0.25) is 14.5 Å². The third-order valence-corrected chi connectivity index (χ3v) is 4.38. The lowest BCUT2D eigenvalue weighted by Crippen LogP contribution is -2.15. The first-order chi connectivity index (χ1) is 12.6. The smallest absolute Gasteiger partial charge is 0.274 e. The molecule has 0 atom stereocenters. The number of nitrogens with zero attached hydrogens (tertiary/aromatic N) is 2. The molecule has 6 heteroatoms. The molecule has 0 fully saturated rings. The molecular weight excluding hydrogens is 330 g/mol. The van der Waals surface area contributed by atoms with Gasteiger partial charge in [-0.2, -0.15) is 0 Å². The van der Waals surface area contributed by atoms with E-state index in [0.717, 1.165) is 0 Å². The number of benzene rings is 2. The summed E-state index contributed by atoms with van der Waals surface area (Å²) < 4.78 is 2.74. The number of hydrogen-bond acceptors (Lipinski definition) is 3. The number of rotatable bonds is 3. The van der Waals surface area contributed by atoms with E-state index in [2.05, 4.69) is 5.10 Å². The molecule has 0 spiro atoms. The fourth-order valence-corrected chi connectivity index (χ4v) is 3.04. The van der Waals surface area contributed by atoms with Gasteiger partial charge in [0.15, 0.2) is 5.88 Å². The van der Waals surface area contributed by atoms with E-state index in [9.17, 15) is 15.0 Å². The molecule has 0 aliphatic rings. The normalized spacial score (nSPS) is 11.0. The quantitative estimate of drug-likeness (QED) is 0.531. The Balaban J connectivity index is 1.89. The second kappa shape index (κ2) is 6.00. The van der Waals surface area contributed by atoms with Crippen LogP contribution in [0, 0.1) is 6.92 Å². The van der Waals surface area contributed by atoms with Crippen molar-refractivity contribution in [2.24, 2.45) is 0 Å². The number of aromatic hydroxyl groups is 2. The Hall–Kier alpha value is -3.67. The third kappa shape index (κ3) is 2.39. The Labute approximate surface area is 149 Å². The van der Waals surface area contributed by atoms with Gasteiger partial charge in [0.1, 0.15) is 0 Å². The fraction of sp³-hybridized carbons (Fsp3) is 0.0500. The highest BCUT2D eigenvalue weighted by molar-refractivity contribution is 5.72. The van der Waals surface area contributed by atoms with Crippen LogP contribution in [0.2, 0.25) is 0 Å². The Kier molecular flexibility index (Phi) is 3.65. The molecule has 0 saturated carbocycles. The zero-order valence-electron chi connectivity index (χ0n) is 14.0. The summed E-state index contributed by atoms with van der Waals surface area (Å²) in [5, 5.41) is 24.0. The molecule has 3 N–H and O–H groups in total. The predicted molar refractivity (Wildman–Crippen MR) is 99.2 cm³/mol. The summed E-state index contributed by atoms with van der Waals surface area (Å²) in [5.74, 6) is -0.255. The number of hydrogen-bond donors (Lipinski definition) is 3. The van der Waals surface area contributed by atoms with E-state index in [1.807, 2.05) is 48.5 Å².